The summed E-state index contributed by atoms with van der Waals surface area (Å²) in [6, 6.07) is 3.65. The van der Waals surface area contributed by atoms with E-state index >= 15 is 0 Å². The summed E-state index contributed by atoms with van der Waals surface area (Å²) in [6.45, 7) is 1.78. The molecule has 0 saturated carbocycles. The predicted octanol–water partition coefficient (Wildman–Crippen LogP) is 1.11. The Balaban J connectivity index is 1.70. The van der Waals surface area contributed by atoms with Crippen LogP contribution in [0.15, 0.2) is 54.4 Å². The summed E-state index contributed by atoms with van der Waals surface area (Å²) in [4.78, 5) is 32.2. The molecule has 136 valence electrons. The number of ether oxygens (including phenoxy) is 2. The van der Waals surface area contributed by atoms with Crippen LogP contribution < -0.4 is 5.43 Å². The monoisotopic (exact) mass is 366 g/mol. The number of pyridine rings is 1. The van der Waals surface area contributed by atoms with Gasteiger partial charge < -0.3 is 14.5 Å². The molecule has 3 aromatic rings. The Morgan fingerprint density at radius 3 is 3.00 bits per heavy atom. The number of fused-ring (bicyclic) bond motifs is 1. The van der Waals surface area contributed by atoms with E-state index in [2.05, 4.69) is 25.6 Å². The number of aromatic amines is 1. The molecule has 4 heterocycles. The van der Waals surface area contributed by atoms with Crippen molar-refractivity contribution in [3.05, 3.63) is 60.0 Å². The van der Waals surface area contributed by atoms with Gasteiger partial charge in [-0.3, -0.25) is 10.2 Å². The average Bonchev–Trinajstić information content (AvgIpc) is 3.37. The summed E-state index contributed by atoms with van der Waals surface area (Å²) < 4.78 is 11.9. The molecule has 27 heavy (non-hydrogen) atoms. The topological polar surface area (TPSA) is 124 Å². The second kappa shape index (κ2) is 6.75. The highest BCUT2D eigenvalue weighted by Gasteiger charge is 2.37. The second-order valence-electron chi connectivity index (χ2n) is 5.49. The Kier molecular flexibility index (Phi) is 4.13. The van der Waals surface area contributed by atoms with Gasteiger partial charge in [-0.25, -0.2) is 14.5 Å². The van der Waals surface area contributed by atoms with Gasteiger partial charge in [-0.15, -0.1) is 10.2 Å². The molecule has 0 saturated heterocycles. The molecule has 0 radical (unpaired) electrons. The van der Waals surface area contributed by atoms with Crippen molar-refractivity contribution in [3.63, 3.8) is 0 Å². The fraction of sp³-hybridized carbons (Fsp3) is 0.118. The van der Waals surface area contributed by atoms with E-state index in [0.29, 0.717) is 11.2 Å². The first-order chi connectivity index (χ1) is 13.2. The molecule has 0 unspecified atom stereocenters. The van der Waals surface area contributed by atoms with E-state index in [1.165, 1.54) is 17.3 Å². The molecule has 10 heteroatoms. The zero-order valence-corrected chi connectivity index (χ0v) is 14.2. The third-order valence-corrected chi connectivity index (χ3v) is 3.79. The van der Waals surface area contributed by atoms with Crippen LogP contribution >= 0.6 is 0 Å². The molecule has 1 aliphatic rings. The summed E-state index contributed by atoms with van der Waals surface area (Å²) >= 11 is 0. The predicted molar refractivity (Wildman–Crippen MR) is 93.2 cm³/mol. The van der Waals surface area contributed by atoms with Crippen molar-refractivity contribution in [2.45, 2.75) is 6.92 Å². The molecule has 0 aliphatic carbocycles. The van der Waals surface area contributed by atoms with Crippen LogP contribution in [0.5, 0.6) is 0 Å². The van der Waals surface area contributed by atoms with Gasteiger partial charge in [0.25, 0.3) is 0 Å². The van der Waals surface area contributed by atoms with Gasteiger partial charge in [0, 0.05) is 23.3 Å². The van der Waals surface area contributed by atoms with Gasteiger partial charge in [0.15, 0.2) is 11.3 Å². The maximum Gasteiger partial charge on any atom is 0.347 e. The maximum absolute atomic E-state index is 12.8. The van der Waals surface area contributed by atoms with E-state index in [0.717, 1.165) is 5.39 Å². The van der Waals surface area contributed by atoms with Gasteiger partial charge >= 0.3 is 5.97 Å². The standard InChI is InChI=1S/C17H14N6O4/c1-2-26-17(25)13-14(24)12(27-16(13)22-23-8-20-21-9-23)6-10-7-19-15-11(10)4-3-5-18-15/h3-9,22H,2H2,1H3,(H,18,19)/b12-6-. The summed E-state index contributed by atoms with van der Waals surface area (Å²) in [5.74, 6) is -1.43. The summed E-state index contributed by atoms with van der Waals surface area (Å²) in [7, 11) is 0. The van der Waals surface area contributed by atoms with Crippen LogP contribution in [0.1, 0.15) is 12.5 Å². The molecule has 0 spiro atoms. The van der Waals surface area contributed by atoms with Crippen LogP contribution in [0.4, 0.5) is 0 Å². The summed E-state index contributed by atoms with van der Waals surface area (Å²) in [6.07, 6.45) is 7.63. The average molecular weight is 366 g/mol. The lowest BCUT2D eigenvalue weighted by atomic mass is 10.1. The van der Waals surface area contributed by atoms with E-state index < -0.39 is 11.8 Å². The molecule has 4 rings (SSSR count). The van der Waals surface area contributed by atoms with E-state index in [4.69, 9.17) is 9.47 Å². The third kappa shape index (κ3) is 3.03. The number of esters is 1. The van der Waals surface area contributed by atoms with Crippen molar-refractivity contribution in [2.75, 3.05) is 12.0 Å². The lowest BCUT2D eigenvalue weighted by Crippen LogP contribution is -2.19. The fourth-order valence-corrected chi connectivity index (χ4v) is 2.61. The number of hydrogen-bond donors (Lipinski definition) is 2. The Morgan fingerprint density at radius 2 is 2.22 bits per heavy atom. The molecule has 0 aromatic carbocycles. The molecule has 10 nitrogen and oxygen atoms in total. The van der Waals surface area contributed by atoms with Gasteiger partial charge in [0.2, 0.25) is 11.7 Å². The number of ketones is 1. The smallest absolute Gasteiger partial charge is 0.347 e. The van der Waals surface area contributed by atoms with Gasteiger partial charge in [0.1, 0.15) is 18.3 Å². The van der Waals surface area contributed by atoms with Crippen LogP contribution in [0.25, 0.3) is 17.1 Å². The molecule has 3 aromatic heterocycles. The number of Topliss-reactive ketones (excluding diaryl/α,β-unsaturated/α-hetero) is 1. The number of nitrogens with one attached hydrogen (secondary N) is 2. The van der Waals surface area contributed by atoms with Gasteiger partial charge in [-0.05, 0) is 25.1 Å². The lowest BCUT2D eigenvalue weighted by Gasteiger charge is -2.07. The molecular formula is C17H14N6O4. The Morgan fingerprint density at radius 1 is 1.41 bits per heavy atom. The minimum Gasteiger partial charge on any atom is -0.462 e. The van der Waals surface area contributed by atoms with Crippen molar-refractivity contribution >= 4 is 28.9 Å². The number of carbonyl (C=O) groups is 2. The zero-order valence-electron chi connectivity index (χ0n) is 14.2. The van der Waals surface area contributed by atoms with E-state index in [9.17, 15) is 9.59 Å². The molecule has 2 N–H and O–H groups in total. The van der Waals surface area contributed by atoms with Crippen molar-refractivity contribution in [2.24, 2.45) is 0 Å². The highest BCUT2D eigenvalue weighted by Crippen LogP contribution is 2.28. The fourth-order valence-electron chi connectivity index (χ4n) is 2.61. The van der Waals surface area contributed by atoms with E-state index in [1.54, 1.807) is 31.5 Å². The molecule has 1 aliphatic heterocycles. The van der Waals surface area contributed by atoms with E-state index in [1.807, 2.05) is 6.07 Å². The molecule has 0 atom stereocenters. The number of nitrogens with zero attached hydrogens (tertiary/aromatic N) is 4. The second-order valence-corrected chi connectivity index (χ2v) is 5.49. The first kappa shape index (κ1) is 16.5. The van der Waals surface area contributed by atoms with Crippen LogP contribution in [-0.2, 0) is 19.1 Å². The van der Waals surface area contributed by atoms with Crippen LogP contribution in [-0.4, -0.2) is 43.2 Å². The molecule has 0 amide bonds. The SMILES string of the molecule is CCOC(=O)C1=C(Nn2cnnc2)O/C(=C\c2c[nH]c3ncccc23)C1=O. The number of rotatable bonds is 5. The summed E-state index contributed by atoms with van der Waals surface area (Å²) in [5.41, 5.74) is 3.91. The van der Waals surface area contributed by atoms with Gasteiger partial charge in [-0.2, -0.15) is 0 Å². The third-order valence-electron chi connectivity index (χ3n) is 3.79. The normalized spacial score (nSPS) is 15.4. The highest BCUT2D eigenvalue weighted by molar-refractivity contribution is 6.26. The Bertz CT molecular complexity index is 1080. The van der Waals surface area contributed by atoms with Crippen molar-refractivity contribution < 1.29 is 19.1 Å². The number of carbonyl (C=O) groups excluding carboxylic acids is 2. The molecule has 0 fully saturated rings. The largest absolute Gasteiger partial charge is 0.462 e. The Labute approximate surface area is 152 Å². The lowest BCUT2D eigenvalue weighted by molar-refractivity contribution is -0.139. The molecule has 0 bridgehead atoms. The van der Waals surface area contributed by atoms with Gasteiger partial charge in [-0.1, -0.05) is 0 Å². The Hall–Kier alpha value is -3.95. The first-order valence-corrected chi connectivity index (χ1v) is 8.06. The number of hydrogen-bond acceptors (Lipinski definition) is 8. The van der Waals surface area contributed by atoms with Crippen LogP contribution in [0.3, 0.4) is 0 Å². The number of H-pyrrole nitrogens is 1. The first-order valence-electron chi connectivity index (χ1n) is 8.06. The molecular weight excluding hydrogens is 352 g/mol. The maximum atomic E-state index is 12.8. The minimum absolute atomic E-state index is 0.0154. The van der Waals surface area contributed by atoms with Gasteiger partial charge in [0.05, 0.1) is 6.61 Å². The van der Waals surface area contributed by atoms with E-state index in [-0.39, 0.29) is 23.8 Å². The summed E-state index contributed by atoms with van der Waals surface area (Å²) in [5, 5.41) is 8.12. The van der Waals surface area contributed by atoms with Crippen molar-refractivity contribution in [1.82, 2.24) is 24.8 Å². The van der Waals surface area contributed by atoms with Crippen LogP contribution in [0, 0.1) is 0 Å². The number of allylic oxidation sites excluding steroid dienone is 1. The van der Waals surface area contributed by atoms with Crippen LogP contribution in [0.2, 0.25) is 0 Å². The highest BCUT2D eigenvalue weighted by atomic mass is 16.5. The number of aromatic nitrogens is 5. The quantitative estimate of drug-likeness (QED) is 0.391. The van der Waals surface area contributed by atoms with Crippen molar-refractivity contribution in [1.29, 1.82) is 0 Å². The van der Waals surface area contributed by atoms with Crippen molar-refractivity contribution in [3.8, 4) is 0 Å². The zero-order chi connectivity index (χ0) is 18.8. The minimum atomic E-state index is -0.776.